The first-order valence-corrected chi connectivity index (χ1v) is 9.63. The second kappa shape index (κ2) is 9.01. The number of carboxylic acids is 1. The molecule has 1 unspecified atom stereocenters. The number of anilines is 1. The lowest BCUT2D eigenvalue weighted by Gasteiger charge is -2.15. The summed E-state index contributed by atoms with van der Waals surface area (Å²) in [7, 11) is 0. The maximum atomic E-state index is 13.2. The van der Waals surface area contributed by atoms with Crippen molar-refractivity contribution in [2.24, 2.45) is 11.0 Å². The Bertz CT molecular complexity index is 969. The van der Waals surface area contributed by atoms with Gasteiger partial charge in [-0.25, -0.2) is 14.2 Å². The molecule has 1 atom stereocenters. The number of carboxylic acid groups (broad SMARTS) is 1. The van der Waals surface area contributed by atoms with Gasteiger partial charge in [-0.05, 0) is 60.9 Å². The van der Waals surface area contributed by atoms with Gasteiger partial charge in [-0.3, -0.25) is 4.79 Å². The molecule has 0 spiro atoms. The van der Waals surface area contributed by atoms with Crippen LogP contribution in [0.1, 0.15) is 31.7 Å². The van der Waals surface area contributed by atoms with Crippen molar-refractivity contribution in [3.05, 3.63) is 70.5 Å². The molecule has 1 N–H and O–H groups in total. The molecule has 29 heavy (non-hydrogen) atoms. The monoisotopic (exact) mass is 414 g/mol. The predicted molar refractivity (Wildman–Crippen MR) is 111 cm³/mol. The van der Waals surface area contributed by atoms with E-state index in [9.17, 15) is 19.1 Å². The van der Waals surface area contributed by atoms with E-state index in [4.69, 9.17) is 11.6 Å². The van der Waals surface area contributed by atoms with Crippen LogP contribution in [0.3, 0.4) is 0 Å². The van der Waals surface area contributed by atoms with Gasteiger partial charge in [0.05, 0.1) is 17.3 Å². The molecule has 0 saturated heterocycles. The fourth-order valence-electron chi connectivity index (χ4n) is 3.18. The van der Waals surface area contributed by atoms with Crippen LogP contribution in [0.25, 0.3) is 6.08 Å². The lowest BCUT2D eigenvalue weighted by molar-refractivity contribution is -0.132. The maximum Gasteiger partial charge on any atom is 0.331 e. The highest BCUT2D eigenvalue weighted by atomic mass is 35.5. The average molecular weight is 415 g/mol. The number of hydrazone groups is 1. The van der Waals surface area contributed by atoms with Gasteiger partial charge in [0.1, 0.15) is 5.82 Å². The first kappa shape index (κ1) is 20.7. The van der Waals surface area contributed by atoms with Crippen molar-refractivity contribution in [1.82, 2.24) is 0 Å². The van der Waals surface area contributed by atoms with Crippen LogP contribution in [0.15, 0.2) is 59.2 Å². The van der Waals surface area contributed by atoms with Crippen LogP contribution in [0, 0.1) is 11.7 Å². The molecule has 1 aliphatic heterocycles. The molecule has 150 valence electrons. The van der Waals surface area contributed by atoms with Crippen molar-refractivity contribution in [2.75, 3.05) is 5.01 Å². The van der Waals surface area contributed by atoms with E-state index in [-0.39, 0.29) is 17.9 Å². The molecule has 3 rings (SSSR count). The van der Waals surface area contributed by atoms with Gasteiger partial charge in [0.2, 0.25) is 0 Å². The molecule has 0 aromatic heterocycles. The average Bonchev–Trinajstić information content (AvgIpc) is 2.99. The van der Waals surface area contributed by atoms with E-state index in [2.05, 4.69) is 5.10 Å². The number of aliphatic carboxylic acids is 1. The molecule has 1 amide bonds. The summed E-state index contributed by atoms with van der Waals surface area (Å²) >= 11 is 5.88. The lowest BCUT2D eigenvalue weighted by atomic mass is 9.91. The number of benzene rings is 2. The van der Waals surface area contributed by atoms with Gasteiger partial charge in [-0.1, -0.05) is 37.1 Å². The van der Waals surface area contributed by atoms with E-state index >= 15 is 0 Å². The molecule has 0 aliphatic carbocycles. The molecule has 7 heteroatoms. The van der Waals surface area contributed by atoms with Crippen LogP contribution in [0.4, 0.5) is 10.1 Å². The maximum absolute atomic E-state index is 13.2. The number of rotatable bonds is 7. The van der Waals surface area contributed by atoms with Gasteiger partial charge < -0.3 is 5.11 Å². The fraction of sp³-hybridized carbons (Fsp3) is 0.227. The van der Waals surface area contributed by atoms with Crippen molar-refractivity contribution < 1.29 is 19.1 Å². The molecule has 1 heterocycles. The van der Waals surface area contributed by atoms with E-state index in [0.29, 0.717) is 28.4 Å². The predicted octanol–water partition coefficient (Wildman–Crippen LogP) is 5.16. The summed E-state index contributed by atoms with van der Waals surface area (Å²) in [6.45, 7) is 1.96. The Morgan fingerprint density at radius 2 is 1.86 bits per heavy atom. The molecular formula is C22H20ClFN2O3. The molecule has 0 bridgehead atoms. The second-order valence-corrected chi connectivity index (χ2v) is 7.19. The molecule has 2 aromatic carbocycles. The first-order valence-electron chi connectivity index (χ1n) is 9.25. The summed E-state index contributed by atoms with van der Waals surface area (Å²) in [5.74, 6) is -2.49. The summed E-state index contributed by atoms with van der Waals surface area (Å²) in [6, 6.07) is 12.2. The third kappa shape index (κ3) is 4.90. The van der Waals surface area contributed by atoms with Crippen molar-refractivity contribution in [1.29, 1.82) is 0 Å². The highest BCUT2D eigenvalue weighted by Crippen LogP contribution is 2.30. The van der Waals surface area contributed by atoms with Gasteiger partial charge in [0.15, 0.2) is 0 Å². The SMILES string of the molecule is CCCC1=NN(c2ccc(F)cc2)C(=O)C1C/C(=C/c1ccc(Cl)cc1)C(=O)O. The van der Waals surface area contributed by atoms with Crippen LogP contribution in [-0.2, 0) is 9.59 Å². The van der Waals surface area contributed by atoms with Crippen LogP contribution in [0.5, 0.6) is 0 Å². The number of hydrogen-bond donors (Lipinski definition) is 1. The number of nitrogens with zero attached hydrogens (tertiary/aromatic N) is 2. The van der Waals surface area contributed by atoms with Crippen molar-refractivity contribution in [2.45, 2.75) is 26.2 Å². The van der Waals surface area contributed by atoms with Crippen molar-refractivity contribution in [3.63, 3.8) is 0 Å². The highest BCUT2D eigenvalue weighted by molar-refractivity contribution is 6.30. The van der Waals surface area contributed by atoms with E-state index in [1.54, 1.807) is 24.3 Å². The molecule has 1 aliphatic rings. The zero-order valence-electron chi connectivity index (χ0n) is 15.8. The fourth-order valence-corrected chi connectivity index (χ4v) is 3.30. The molecule has 0 radical (unpaired) electrons. The van der Waals surface area contributed by atoms with E-state index in [0.717, 1.165) is 6.42 Å². The van der Waals surface area contributed by atoms with Crippen LogP contribution < -0.4 is 5.01 Å². The minimum atomic E-state index is -1.09. The number of carbonyl (C=O) groups excluding carboxylic acids is 1. The Balaban J connectivity index is 1.89. The molecule has 2 aromatic rings. The Kier molecular flexibility index (Phi) is 6.44. The van der Waals surface area contributed by atoms with Crippen LogP contribution >= 0.6 is 11.6 Å². The zero-order chi connectivity index (χ0) is 21.0. The normalized spacial score (nSPS) is 16.9. The second-order valence-electron chi connectivity index (χ2n) is 6.75. The standard InChI is InChI=1S/C22H20ClFN2O3/c1-2-3-20-19(21(27)26(25-20)18-10-8-17(24)9-11-18)13-15(22(28)29)12-14-4-6-16(23)7-5-14/h4-12,19H,2-3,13H2,1H3,(H,28,29)/b15-12-. The number of halogens is 2. The van der Waals surface area contributed by atoms with Crippen molar-refractivity contribution in [3.8, 4) is 0 Å². The smallest absolute Gasteiger partial charge is 0.331 e. The van der Waals surface area contributed by atoms with Gasteiger partial charge in [0, 0.05) is 10.6 Å². The molecule has 0 saturated carbocycles. The highest BCUT2D eigenvalue weighted by Gasteiger charge is 2.37. The third-order valence-corrected chi connectivity index (χ3v) is 4.88. The number of amides is 1. The van der Waals surface area contributed by atoms with E-state index in [1.807, 2.05) is 6.92 Å². The Labute approximate surface area is 173 Å². The van der Waals surface area contributed by atoms with Gasteiger partial charge in [0.25, 0.3) is 5.91 Å². The minimum Gasteiger partial charge on any atom is -0.478 e. The topological polar surface area (TPSA) is 70.0 Å². The lowest BCUT2D eigenvalue weighted by Crippen LogP contribution is -2.28. The quantitative estimate of drug-likeness (QED) is 0.636. The third-order valence-electron chi connectivity index (χ3n) is 4.62. The number of hydrogen-bond acceptors (Lipinski definition) is 3. The summed E-state index contributed by atoms with van der Waals surface area (Å²) in [5.41, 5.74) is 1.87. The van der Waals surface area contributed by atoms with Gasteiger partial charge in [-0.2, -0.15) is 5.10 Å². The Morgan fingerprint density at radius 1 is 1.21 bits per heavy atom. The van der Waals surface area contributed by atoms with E-state index in [1.165, 1.54) is 35.4 Å². The van der Waals surface area contributed by atoms with Gasteiger partial charge >= 0.3 is 5.97 Å². The van der Waals surface area contributed by atoms with Crippen molar-refractivity contribution >= 4 is 41.0 Å². The van der Waals surface area contributed by atoms with Gasteiger partial charge in [-0.15, -0.1) is 0 Å². The zero-order valence-corrected chi connectivity index (χ0v) is 16.6. The summed E-state index contributed by atoms with van der Waals surface area (Å²) in [6.07, 6.45) is 2.90. The van der Waals surface area contributed by atoms with Crippen LogP contribution in [0.2, 0.25) is 5.02 Å². The Hall–Kier alpha value is -2.99. The molecule has 0 fully saturated rings. The molecule has 5 nitrogen and oxygen atoms in total. The summed E-state index contributed by atoms with van der Waals surface area (Å²) in [4.78, 5) is 24.8. The van der Waals surface area contributed by atoms with E-state index < -0.39 is 17.7 Å². The minimum absolute atomic E-state index is 0.0212. The van der Waals surface area contributed by atoms with Crippen LogP contribution in [-0.4, -0.2) is 22.7 Å². The number of carbonyl (C=O) groups is 2. The summed E-state index contributed by atoms with van der Waals surface area (Å²) in [5, 5.41) is 15.9. The largest absolute Gasteiger partial charge is 0.478 e. The molecular weight excluding hydrogens is 395 g/mol. The summed E-state index contributed by atoms with van der Waals surface area (Å²) < 4.78 is 13.2. The first-order chi connectivity index (χ1) is 13.9. The Morgan fingerprint density at radius 3 is 2.45 bits per heavy atom.